The van der Waals surface area contributed by atoms with Gasteiger partial charge in [0, 0.05) is 0 Å². The lowest BCUT2D eigenvalue weighted by Gasteiger charge is -2.12. The van der Waals surface area contributed by atoms with Crippen molar-refractivity contribution in [3.8, 4) is 0 Å². The number of rotatable bonds is 4. The van der Waals surface area contributed by atoms with Crippen molar-refractivity contribution in [2.45, 2.75) is 26.4 Å². The molecule has 0 aliphatic carbocycles. The molecule has 0 heterocycles. The van der Waals surface area contributed by atoms with Crippen molar-refractivity contribution >= 4 is 6.08 Å². The summed E-state index contributed by atoms with van der Waals surface area (Å²) in [5.41, 5.74) is 2.83. The Balaban J connectivity index is 3.24. The molecule has 1 unspecified atom stereocenters. The molecule has 0 spiro atoms. The summed E-state index contributed by atoms with van der Waals surface area (Å²) in [6.45, 7) is 7.24. The molecule has 0 amide bonds. The molecule has 0 nitrogen and oxygen atoms in total. The molecule has 0 saturated heterocycles. The summed E-state index contributed by atoms with van der Waals surface area (Å²) in [5, 5.41) is 0. The second-order valence-corrected chi connectivity index (χ2v) is 3.48. The summed E-state index contributed by atoms with van der Waals surface area (Å²) in [4.78, 5) is 0. The first-order chi connectivity index (χ1) is 7.20. The molecule has 0 aliphatic rings. The van der Waals surface area contributed by atoms with Gasteiger partial charge in [0.1, 0.15) is 6.17 Å². The average Bonchev–Trinajstić information content (AvgIpc) is 2.25. The van der Waals surface area contributed by atoms with Gasteiger partial charge in [0.05, 0.1) is 0 Å². The lowest BCUT2D eigenvalue weighted by atomic mass is 9.96. The van der Waals surface area contributed by atoms with Crippen LogP contribution in [0.1, 0.15) is 36.7 Å². The Morgan fingerprint density at radius 3 is 2.73 bits per heavy atom. The minimum absolute atomic E-state index is 0.804. The van der Waals surface area contributed by atoms with Gasteiger partial charge in [-0.05, 0) is 30.0 Å². The van der Waals surface area contributed by atoms with E-state index in [0.717, 1.165) is 23.1 Å². The maximum atomic E-state index is 13.5. The number of hydrogen-bond acceptors (Lipinski definition) is 0. The van der Waals surface area contributed by atoms with Crippen molar-refractivity contribution < 1.29 is 4.39 Å². The van der Waals surface area contributed by atoms with E-state index in [1.54, 1.807) is 13.0 Å². The van der Waals surface area contributed by atoms with Crippen LogP contribution in [0, 0.1) is 0 Å². The number of allylic oxidation sites excluding steroid dienone is 2. The van der Waals surface area contributed by atoms with Crippen LogP contribution in [0.25, 0.3) is 6.08 Å². The molecule has 1 rings (SSSR count). The van der Waals surface area contributed by atoms with Crippen LogP contribution >= 0.6 is 0 Å². The van der Waals surface area contributed by atoms with E-state index in [-0.39, 0.29) is 0 Å². The summed E-state index contributed by atoms with van der Waals surface area (Å²) in [6, 6.07) is 5.88. The van der Waals surface area contributed by atoms with Crippen LogP contribution < -0.4 is 0 Å². The second kappa shape index (κ2) is 5.50. The van der Waals surface area contributed by atoms with Crippen molar-refractivity contribution in [2.75, 3.05) is 0 Å². The first kappa shape index (κ1) is 11.7. The summed E-state index contributed by atoms with van der Waals surface area (Å²) in [6.07, 6.45) is 5.37. The highest BCUT2D eigenvalue weighted by Gasteiger charge is 2.11. The van der Waals surface area contributed by atoms with Crippen LogP contribution in [0.15, 0.2) is 36.9 Å². The van der Waals surface area contributed by atoms with Gasteiger partial charge in [-0.25, -0.2) is 4.39 Å². The Kier molecular flexibility index (Phi) is 4.29. The molecule has 0 aliphatic heterocycles. The van der Waals surface area contributed by atoms with E-state index in [9.17, 15) is 4.39 Å². The Morgan fingerprint density at radius 2 is 2.20 bits per heavy atom. The monoisotopic (exact) mass is 204 g/mol. The van der Waals surface area contributed by atoms with Crippen molar-refractivity contribution in [3.05, 3.63) is 53.6 Å². The Hall–Kier alpha value is -1.37. The van der Waals surface area contributed by atoms with Crippen LogP contribution in [0.3, 0.4) is 0 Å². The standard InChI is InChI=1S/C14H17F/c1-4-6-8-13-10-7-9-12(5-2)14(13)11(3)15/h4,6-11H,1,5H2,2-3H3/b8-6-. The minimum atomic E-state index is -0.925. The fourth-order valence-corrected chi connectivity index (χ4v) is 1.74. The summed E-state index contributed by atoms with van der Waals surface area (Å²) in [5.74, 6) is 0. The van der Waals surface area contributed by atoms with E-state index in [0.29, 0.717) is 0 Å². The Morgan fingerprint density at radius 1 is 1.47 bits per heavy atom. The van der Waals surface area contributed by atoms with E-state index in [4.69, 9.17) is 0 Å². The first-order valence-corrected chi connectivity index (χ1v) is 5.25. The van der Waals surface area contributed by atoms with Crippen LogP contribution in [0.4, 0.5) is 4.39 Å². The molecule has 1 aromatic carbocycles. The van der Waals surface area contributed by atoms with Crippen molar-refractivity contribution in [1.29, 1.82) is 0 Å². The van der Waals surface area contributed by atoms with Gasteiger partial charge < -0.3 is 0 Å². The highest BCUT2D eigenvalue weighted by molar-refractivity contribution is 5.57. The van der Waals surface area contributed by atoms with E-state index >= 15 is 0 Å². The predicted octanol–water partition coefficient (Wildman–Crippen LogP) is 4.48. The minimum Gasteiger partial charge on any atom is -0.243 e. The van der Waals surface area contributed by atoms with Gasteiger partial charge in [-0.1, -0.05) is 49.9 Å². The highest BCUT2D eigenvalue weighted by Crippen LogP contribution is 2.26. The molecule has 0 fully saturated rings. The topological polar surface area (TPSA) is 0 Å². The molecule has 1 aromatic rings. The van der Waals surface area contributed by atoms with Crippen LogP contribution in [0.5, 0.6) is 0 Å². The van der Waals surface area contributed by atoms with Gasteiger partial charge in [-0.3, -0.25) is 0 Å². The molecule has 0 N–H and O–H groups in total. The van der Waals surface area contributed by atoms with Crippen molar-refractivity contribution in [2.24, 2.45) is 0 Å². The third-order valence-electron chi connectivity index (χ3n) is 2.42. The first-order valence-electron chi connectivity index (χ1n) is 5.25. The average molecular weight is 204 g/mol. The molecule has 0 bridgehead atoms. The van der Waals surface area contributed by atoms with Gasteiger partial charge in [0.2, 0.25) is 0 Å². The molecular weight excluding hydrogens is 187 g/mol. The SMILES string of the molecule is C=C/C=C\c1cccc(CC)c1C(C)F. The summed E-state index contributed by atoms with van der Waals surface area (Å²) >= 11 is 0. The van der Waals surface area contributed by atoms with E-state index in [2.05, 4.69) is 6.58 Å². The molecule has 1 heteroatoms. The van der Waals surface area contributed by atoms with E-state index in [1.807, 2.05) is 37.3 Å². The number of aryl methyl sites for hydroxylation is 1. The number of alkyl halides is 1. The van der Waals surface area contributed by atoms with Gasteiger partial charge in [-0.15, -0.1) is 0 Å². The second-order valence-electron chi connectivity index (χ2n) is 3.48. The largest absolute Gasteiger partial charge is 0.243 e. The van der Waals surface area contributed by atoms with Crippen LogP contribution in [-0.4, -0.2) is 0 Å². The smallest absolute Gasteiger partial charge is 0.123 e. The maximum Gasteiger partial charge on any atom is 0.123 e. The zero-order valence-corrected chi connectivity index (χ0v) is 9.33. The fraction of sp³-hybridized carbons (Fsp3) is 0.286. The van der Waals surface area contributed by atoms with Gasteiger partial charge in [0.15, 0.2) is 0 Å². The molecule has 0 saturated carbocycles. The normalized spacial score (nSPS) is 13.0. The quantitative estimate of drug-likeness (QED) is 0.634. The van der Waals surface area contributed by atoms with Crippen LogP contribution in [0.2, 0.25) is 0 Å². The lowest BCUT2D eigenvalue weighted by Crippen LogP contribution is -1.97. The molecular formula is C14H17F. The Bertz CT molecular complexity index is 362. The van der Waals surface area contributed by atoms with Gasteiger partial charge in [-0.2, -0.15) is 0 Å². The van der Waals surface area contributed by atoms with Crippen molar-refractivity contribution in [1.82, 2.24) is 0 Å². The lowest BCUT2D eigenvalue weighted by molar-refractivity contribution is 0.371. The zero-order valence-electron chi connectivity index (χ0n) is 9.33. The van der Waals surface area contributed by atoms with Crippen LogP contribution in [-0.2, 0) is 6.42 Å². The maximum absolute atomic E-state index is 13.5. The number of hydrogen-bond donors (Lipinski definition) is 0. The predicted molar refractivity (Wildman–Crippen MR) is 64.6 cm³/mol. The van der Waals surface area contributed by atoms with Gasteiger partial charge in [0.25, 0.3) is 0 Å². The zero-order chi connectivity index (χ0) is 11.3. The van der Waals surface area contributed by atoms with E-state index < -0.39 is 6.17 Å². The molecule has 15 heavy (non-hydrogen) atoms. The van der Waals surface area contributed by atoms with E-state index in [1.165, 1.54) is 0 Å². The Labute approximate surface area is 91.1 Å². The molecule has 0 radical (unpaired) electrons. The number of halogens is 1. The summed E-state index contributed by atoms with van der Waals surface area (Å²) < 4.78 is 13.5. The third-order valence-corrected chi connectivity index (χ3v) is 2.42. The molecule has 1 atom stereocenters. The summed E-state index contributed by atoms with van der Waals surface area (Å²) in [7, 11) is 0. The molecule has 0 aromatic heterocycles. The van der Waals surface area contributed by atoms with Gasteiger partial charge >= 0.3 is 0 Å². The highest BCUT2D eigenvalue weighted by atomic mass is 19.1. The third kappa shape index (κ3) is 2.79. The molecule has 80 valence electrons. The number of benzene rings is 1. The van der Waals surface area contributed by atoms with Crippen molar-refractivity contribution in [3.63, 3.8) is 0 Å². The fourth-order valence-electron chi connectivity index (χ4n) is 1.74.